The number of piperidine rings is 1. The number of nitrogens with two attached hydrogens (primary N) is 1. The summed E-state index contributed by atoms with van der Waals surface area (Å²) >= 11 is 3.33. The van der Waals surface area contributed by atoms with Crippen LogP contribution in [0.5, 0.6) is 0 Å². The number of aromatic nitrogens is 1. The molecule has 1 atom stereocenters. The van der Waals surface area contributed by atoms with Crippen LogP contribution in [0, 0.1) is 5.92 Å². The van der Waals surface area contributed by atoms with Crippen molar-refractivity contribution in [3.8, 4) is 0 Å². The van der Waals surface area contributed by atoms with Crippen LogP contribution in [0.4, 0.5) is 5.82 Å². The van der Waals surface area contributed by atoms with Gasteiger partial charge in [-0.1, -0.05) is 0 Å². The van der Waals surface area contributed by atoms with E-state index in [2.05, 4.69) is 31.1 Å². The molecule has 7 heteroatoms. The highest BCUT2D eigenvalue weighted by Gasteiger charge is 2.28. The average molecular weight is 392 g/mol. The molecule has 2 heterocycles. The first-order valence-electron chi connectivity index (χ1n) is 7.27. The van der Waals surface area contributed by atoms with Crippen LogP contribution < -0.4 is 11.1 Å². The van der Waals surface area contributed by atoms with E-state index in [1.54, 1.807) is 12.3 Å². The Balaban J connectivity index is 0.00000242. The van der Waals surface area contributed by atoms with Gasteiger partial charge in [0.15, 0.2) is 0 Å². The zero-order chi connectivity index (χ0) is 15.5. The molecule has 1 fully saturated rings. The molecule has 22 heavy (non-hydrogen) atoms. The van der Waals surface area contributed by atoms with E-state index < -0.39 is 0 Å². The Kier molecular flexibility index (Phi) is 7.25. The molecule has 3 N–H and O–H groups in total. The summed E-state index contributed by atoms with van der Waals surface area (Å²) < 4.78 is 0.898. The number of rotatable bonds is 4. The number of halogens is 2. The summed E-state index contributed by atoms with van der Waals surface area (Å²) in [6, 6.07) is 3.66. The van der Waals surface area contributed by atoms with Crippen LogP contribution in [0.25, 0.3) is 0 Å². The van der Waals surface area contributed by atoms with Crippen LogP contribution in [0.3, 0.4) is 0 Å². The van der Waals surface area contributed by atoms with Crippen molar-refractivity contribution in [2.45, 2.75) is 32.2 Å². The number of carbonyl (C=O) groups excluding carboxylic acids is 1. The lowest BCUT2D eigenvalue weighted by atomic mass is 9.95. The van der Waals surface area contributed by atoms with E-state index in [1.165, 1.54) is 0 Å². The monoisotopic (exact) mass is 390 g/mol. The molecule has 1 unspecified atom stereocenters. The van der Waals surface area contributed by atoms with Gasteiger partial charge in [0, 0.05) is 29.3 Å². The van der Waals surface area contributed by atoms with E-state index in [4.69, 9.17) is 5.73 Å². The number of likely N-dealkylation sites (tertiary alicyclic amines) is 1. The van der Waals surface area contributed by atoms with Crippen LogP contribution in [0.1, 0.15) is 26.7 Å². The third-order valence-electron chi connectivity index (χ3n) is 3.49. The van der Waals surface area contributed by atoms with Gasteiger partial charge in [-0.05, 0) is 61.3 Å². The second kappa shape index (κ2) is 8.24. The van der Waals surface area contributed by atoms with E-state index in [9.17, 15) is 4.79 Å². The number of amides is 1. The predicted octanol–water partition coefficient (Wildman–Crippen LogP) is 2.65. The Labute approximate surface area is 146 Å². The number of anilines is 1. The average Bonchev–Trinajstić information content (AvgIpc) is 2.40. The minimum atomic E-state index is -0.231. The maximum Gasteiger partial charge on any atom is 0.229 e. The highest BCUT2D eigenvalue weighted by Crippen LogP contribution is 2.20. The summed E-state index contributed by atoms with van der Waals surface area (Å²) in [7, 11) is 0. The van der Waals surface area contributed by atoms with Gasteiger partial charge in [0.2, 0.25) is 5.91 Å². The van der Waals surface area contributed by atoms with Crippen LogP contribution >= 0.6 is 28.3 Å². The number of nitrogens with one attached hydrogen (secondary N) is 1. The molecule has 0 spiro atoms. The second-order valence-corrected chi connectivity index (χ2v) is 7.33. The van der Waals surface area contributed by atoms with Crippen molar-refractivity contribution in [1.29, 1.82) is 0 Å². The third-order valence-corrected chi connectivity index (χ3v) is 3.96. The van der Waals surface area contributed by atoms with Crippen molar-refractivity contribution in [3.05, 3.63) is 22.8 Å². The summed E-state index contributed by atoms with van der Waals surface area (Å²) in [5.74, 6) is 0.648. The molecule has 0 radical (unpaired) electrons. The van der Waals surface area contributed by atoms with E-state index in [0.29, 0.717) is 5.82 Å². The van der Waals surface area contributed by atoms with Crippen molar-refractivity contribution in [1.82, 2.24) is 9.88 Å². The Morgan fingerprint density at radius 3 is 2.86 bits per heavy atom. The zero-order valence-electron chi connectivity index (χ0n) is 13.0. The molecule has 5 nitrogen and oxygen atoms in total. The van der Waals surface area contributed by atoms with Gasteiger partial charge in [-0.25, -0.2) is 4.98 Å². The van der Waals surface area contributed by atoms with E-state index in [0.717, 1.165) is 36.9 Å². The van der Waals surface area contributed by atoms with Crippen molar-refractivity contribution in [2.75, 3.05) is 25.0 Å². The van der Waals surface area contributed by atoms with Gasteiger partial charge < -0.3 is 16.0 Å². The van der Waals surface area contributed by atoms with E-state index in [1.807, 2.05) is 19.9 Å². The first-order valence-corrected chi connectivity index (χ1v) is 8.06. The molecule has 1 aliphatic heterocycles. The molecule has 0 saturated carbocycles. The maximum atomic E-state index is 12.3. The lowest BCUT2D eigenvalue weighted by Crippen LogP contribution is -2.50. The number of hydrogen-bond donors (Lipinski definition) is 2. The topological polar surface area (TPSA) is 71.2 Å². The van der Waals surface area contributed by atoms with Gasteiger partial charge in [0.1, 0.15) is 5.82 Å². The van der Waals surface area contributed by atoms with E-state index >= 15 is 0 Å². The van der Waals surface area contributed by atoms with Gasteiger partial charge >= 0.3 is 0 Å². The van der Waals surface area contributed by atoms with Crippen molar-refractivity contribution in [2.24, 2.45) is 11.7 Å². The minimum Gasteiger partial charge on any atom is -0.324 e. The fraction of sp³-hybridized carbons (Fsp3) is 0.600. The van der Waals surface area contributed by atoms with Crippen LogP contribution in [0.15, 0.2) is 22.8 Å². The Hall–Kier alpha value is -0.690. The SMILES string of the molecule is CC(C)(N)CN1CCCC(C(=O)Nc2ccc(Br)cn2)C1.Cl. The summed E-state index contributed by atoms with van der Waals surface area (Å²) in [5, 5.41) is 2.89. The molecule has 0 aliphatic carbocycles. The van der Waals surface area contributed by atoms with Gasteiger partial charge in [0.25, 0.3) is 0 Å². The summed E-state index contributed by atoms with van der Waals surface area (Å²) in [5.41, 5.74) is 5.84. The molecule has 1 aliphatic rings. The number of hydrogen-bond acceptors (Lipinski definition) is 4. The fourth-order valence-electron chi connectivity index (χ4n) is 2.67. The first kappa shape index (κ1) is 19.4. The van der Waals surface area contributed by atoms with Crippen molar-refractivity contribution in [3.63, 3.8) is 0 Å². The lowest BCUT2D eigenvalue weighted by Gasteiger charge is -2.35. The Morgan fingerprint density at radius 1 is 1.55 bits per heavy atom. The first-order chi connectivity index (χ1) is 9.83. The summed E-state index contributed by atoms with van der Waals surface area (Å²) in [6.07, 6.45) is 3.63. The molecular formula is C15H24BrClN4O. The largest absolute Gasteiger partial charge is 0.324 e. The number of nitrogens with zero attached hydrogens (tertiary/aromatic N) is 2. The maximum absolute atomic E-state index is 12.3. The van der Waals surface area contributed by atoms with Crippen LogP contribution in [-0.2, 0) is 4.79 Å². The zero-order valence-corrected chi connectivity index (χ0v) is 15.4. The van der Waals surface area contributed by atoms with Crippen LogP contribution in [0.2, 0.25) is 0 Å². The Bertz CT molecular complexity index is 489. The summed E-state index contributed by atoms with van der Waals surface area (Å²) in [6.45, 7) is 6.63. The van der Waals surface area contributed by atoms with Crippen molar-refractivity contribution >= 4 is 40.1 Å². The quantitative estimate of drug-likeness (QED) is 0.828. The van der Waals surface area contributed by atoms with Gasteiger partial charge in [-0.3, -0.25) is 4.79 Å². The highest BCUT2D eigenvalue weighted by molar-refractivity contribution is 9.10. The molecular weight excluding hydrogens is 368 g/mol. The summed E-state index contributed by atoms with van der Waals surface area (Å²) in [4.78, 5) is 18.8. The normalized spacial score (nSPS) is 19.4. The minimum absolute atomic E-state index is 0. The van der Waals surface area contributed by atoms with Crippen molar-refractivity contribution < 1.29 is 4.79 Å². The smallest absolute Gasteiger partial charge is 0.229 e. The van der Waals surface area contributed by atoms with Gasteiger partial charge in [-0.2, -0.15) is 0 Å². The fourth-order valence-corrected chi connectivity index (χ4v) is 2.90. The molecule has 2 rings (SSSR count). The molecule has 1 amide bonds. The Morgan fingerprint density at radius 2 is 2.27 bits per heavy atom. The molecule has 0 bridgehead atoms. The number of pyridine rings is 1. The lowest BCUT2D eigenvalue weighted by molar-refractivity contribution is -0.121. The highest BCUT2D eigenvalue weighted by atomic mass is 79.9. The molecule has 1 aromatic rings. The third kappa shape index (κ3) is 6.20. The number of carbonyl (C=O) groups is 1. The van der Waals surface area contributed by atoms with Gasteiger partial charge in [0.05, 0.1) is 5.92 Å². The predicted molar refractivity (Wildman–Crippen MR) is 95.2 cm³/mol. The van der Waals surface area contributed by atoms with E-state index in [-0.39, 0.29) is 29.8 Å². The standard InChI is InChI=1S/C15H23BrN4O.ClH/c1-15(2,17)10-20-7-3-4-11(9-20)14(21)19-13-6-5-12(16)8-18-13;/h5-6,8,11H,3-4,7,9-10,17H2,1-2H3,(H,18,19,21);1H. The molecule has 124 valence electrons. The molecule has 1 saturated heterocycles. The molecule has 1 aromatic heterocycles. The second-order valence-electron chi connectivity index (χ2n) is 6.41. The molecule has 0 aromatic carbocycles. The van der Waals surface area contributed by atoms with Crippen LogP contribution in [-0.4, -0.2) is 41.0 Å². The van der Waals surface area contributed by atoms with Gasteiger partial charge in [-0.15, -0.1) is 12.4 Å².